The van der Waals surface area contributed by atoms with Gasteiger partial charge in [-0.2, -0.15) is 0 Å². The normalized spacial score (nSPS) is 11.5. The van der Waals surface area contributed by atoms with Crippen molar-refractivity contribution in [2.24, 2.45) is 5.73 Å². The first kappa shape index (κ1) is 24.9. The predicted molar refractivity (Wildman–Crippen MR) is 110 cm³/mol. The first-order valence-corrected chi connectivity index (χ1v) is 11.3. The van der Waals surface area contributed by atoms with Gasteiger partial charge >= 0.3 is 0 Å². The second kappa shape index (κ2) is 21.9. The number of ether oxygens (including phenoxy) is 2. The summed E-state index contributed by atoms with van der Waals surface area (Å²) in [5.74, 6) is 0. The van der Waals surface area contributed by atoms with Crippen LogP contribution in [-0.2, 0) is 9.47 Å². The summed E-state index contributed by atoms with van der Waals surface area (Å²) in [5, 5.41) is 0. The highest BCUT2D eigenvalue weighted by Crippen LogP contribution is 2.14. The molecule has 0 aliphatic carbocycles. The van der Waals surface area contributed by atoms with Gasteiger partial charge in [-0.3, -0.25) is 0 Å². The van der Waals surface area contributed by atoms with Gasteiger partial charge in [-0.25, -0.2) is 0 Å². The van der Waals surface area contributed by atoms with E-state index in [2.05, 4.69) is 0 Å². The first-order chi connectivity index (χ1) is 12.3. The van der Waals surface area contributed by atoms with Crippen LogP contribution in [0.25, 0.3) is 0 Å². The van der Waals surface area contributed by atoms with E-state index in [1.165, 1.54) is 96.3 Å². The van der Waals surface area contributed by atoms with Gasteiger partial charge in [0.2, 0.25) is 0 Å². The van der Waals surface area contributed by atoms with Crippen LogP contribution in [0, 0.1) is 0 Å². The third kappa shape index (κ3) is 20.0. The maximum absolute atomic E-state index is 5.58. The molecule has 0 saturated heterocycles. The molecule has 0 radical (unpaired) electrons. The lowest BCUT2D eigenvalue weighted by Gasteiger charge is -2.16. The molecular formula is C22H47NO2. The summed E-state index contributed by atoms with van der Waals surface area (Å²) in [6.45, 7) is 6.43. The predicted octanol–water partition coefficient (Wildman–Crippen LogP) is 6.59. The lowest BCUT2D eigenvalue weighted by atomic mass is 10.0. The Morgan fingerprint density at radius 2 is 0.840 bits per heavy atom. The molecule has 0 rings (SSSR count). The Labute approximate surface area is 158 Å². The average Bonchev–Trinajstić information content (AvgIpc) is 2.61. The number of hydrogen-bond donors (Lipinski definition) is 1. The van der Waals surface area contributed by atoms with Crippen molar-refractivity contribution < 1.29 is 9.47 Å². The van der Waals surface area contributed by atoms with Crippen LogP contribution in [0.4, 0.5) is 0 Å². The smallest absolute Gasteiger partial charge is 0.157 e. The van der Waals surface area contributed by atoms with Gasteiger partial charge in [0.05, 0.1) is 0 Å². The highest BCUT2D eigenvalue weighted by atomic mass is 16.7. The zero-order valence-corrected chi connectivity index (χ0v) is 17.4. The lowest BCUT2D eigenvalue weighted by molar-refractivity contribution is -0.140. The summed E-state index contributed by atoms with van der Waals surface area (Å²) < 4.78 is 11.2. The molecule has 0 heterocycles. The number of hydrogen-bond acceptors (Lipinski definition) is 3. The zero-order valence-electron chi connectivity index (χ0n) is 17.4. The third-order valence-corrected chi connectivity index (χ3v) is 4.85. The van der Waals surface area contributed by atoms with E-state index in [1.807, 2.05) is 13.8 Å². The number of rotatable bonds is 21. The molecule has 2 N–H and O–H groups in total. The Bertz CT molecular complexity index is 230. The summed E-state index contributed by atoms with van der Waals surface area (Å²) in [7, 11) is 0. The molecule has 25 heavy (non-hydrogen) atoms. The van der Waals surface area contributed by atoms with Crippen LogP contribution in [0.5, 0.6) is 0 Å². The zero-order chi connectivity index (χ0) is 18.4. The molecular weight excluding hydrogens is 310 g/mol. The van der Waals surface area contributed by atoms with Crippen molar-refractivity contribution in [1.29, 1.82) is 0 Å². The molecule has 0 bridgehead atoms. The molecule has 0 aliphatic rings. The molecule has 0 spiro atoms. The van der Waals surface area contributed by atoms with Gasteiger partial charge in [-0.15, -0.1) is 0 Å². The fraction of sp³-hybridized carbons (Fsp3) is 1.00. The van der Waals surface area contributed by atoms with Crippen LogP contribution >= 0.6 is 0 Å². The van der Waals surface area contributed by atoms with Gasteiger partial charge < -0.3 is 15.2 Å². The molecule has 0 aromatic rings. The molecule has 0 fully saturated rings. The Morgan fingerprint density at radius 3 is 1.16 bits per heavy atom. The van der Waals surface area contributed by atoms with Crippen molar-refractivity contribution in [1.82, 2.24) is 0 Å². The van der Waals surface area contributed by atoms with E-state index in [0.29, 0.717) is 0 Å². The van der Waals surface area contributed by atoms with E-state index in [0.717, 1.165) is 26.2 Å². The fourth-order valence-corrected chi connectivity index (χ4v) is 3.34. The van der Waals surface area contributed by atoms with Gasteiger partial charge in [0.15, 0.2) is 6.29 Å². The molecule has 0 atom stereocenters. The van der Waals surface area contributed by atoms with Gasteiger partial charge in [-0.1, -0.05) is 83.5 Å². The first-order valence-electron chi connectivity index (χ1n) is 11.3. The summed E-state index contributed by atoms with van der Waals surface area (Å²) >= 11 is 0. The standard InChI is InChI=1S/C22H47NO2/c1-3-24-22(25-4-2)20-18-16-14-12-10-8-6-5-7-9-11-13-15-17-19-21-23/h22H,3-21,23H2,1-2H3. The van der Waals surface area contributed by atoms with E-state index in [9.17, 15) is 0 Å². The molecule has 3 nitrogen and oxygen atoms in total. The number of unbranched alkanes of at least 4 members (excludes halogenated alkanes) is 14. The Balaban J connectivity index is 3.13. The van der Waals surface area contributed by atoms with Crippen molar-refractivity contribution >= 4 is 0 Å². The van der Waals surface area contributed by atoms with E-state index >= 15 is 0 Å². The van der Waals surface area contributed by atoms with E-state index in [-0.39, 0.29) is 6.29 Å². The van der Waals surface area contributed by atoms with Crippen molar-refractivity contribution in [3.05, 3.63) is 0 Å². The van der Waals surface area contributed by atoms with E-state index in [1.54, 1.807) is 0 Å². The van der Waals surface area contributed by atoms with E-state index in [4.69, 9.17) is 15.2 Å². The molecule has 0 amide bonds. The molecule has 0 saturated carbocycles. The van der Waals surface area contributed by atoms with Crippen molar-refractivity contribution in [3.8, 4) is 0 Å². The molecule has 0 aliphatic heterocycles. The monoisotopic (exact) mass is 357 g/mol. The summed E-state index contributed by atoms with van der Waals surface area (Å²) in [5.41, 5.74) is 5.51. The van der Waals surface area contributed by atoms with Crippen molar-refractivity contribution in [2.45, 2.75) is 123 Å². The minimum Gasteiger partial charge on any atom is -0.353 e. The van der Waals surface area contributed by atoms with Crippen molar-refractivity contribution in [2.75, 3.05) is 19.8 Å². The van der Waals surface area contributed by atoms with E-state index < -0.39 is 0 Å². The quantitative estimate of drug-likeness (QED) is 0.186. The Kier molecular flexibility index (Phi) is 21.8. The summed E-state index contributed by atoms with van der Waals surface area (Å²) in [4.78, 5) is 0. The highest BCUT2D eigenvalue weighted by molar-refractivity contribution is 4.51. The second-order valence-corrected chi connectivity index (χ2v) is 7.22. The van der Waals surface area contributed by atoms with Gasteiger partial charge in [-0.05, 0) is 39.7 Å². The average molecular weight is 358 g/mol. The molecule has 0 aromatic carbocycles. The maximum Gasteiger partial charge on any atom is 0.157 e. The van der Waals surface area contributed by atoms with Crippen LogP contribution in [0.15, 0.2) is 0 Å². The van der Waals surface area contributed by atoms with Crippen LogP contribution in [0.2, 0.25) is 0 Å². The second-order valence-electron chi connectivity index (χ2n) is 7.22. The SMILES string of the molecule is CCOC(CCCCCCCCCCCCCCCCCN)OCC. The van der Waals surface area contributed by atoms with Crippen LogP contribution < -0.4 is 5.73 Å². The molecule has 0 unspecified atom stereocenters. The molecule has 152 valence electrons. The minimum atomic E-state index is 0.0238. The maximum atomic E-state index is 5.58. The third-order valence-electron chi connectivity index (χ3n) is 4.85. The van der Waals surface area contributed by atoms with Crippen LogP contribution in [0.3, 0.4) is 0 Å². The molecule has 3 heteroatoms. The number of nitrogens with two attached hydrogens (primary N) is 1. The topological polar surface area (TPSA) is 44.5 Å². The Hall–Kier alpha value is -0.120. The fourth-order valence-electron chi connectivity index (χ4n) is 3.34. The molecule has 0 aromatic heterocycles. The van der Waals surface area contributed by atoms with Crippen LogP contribution in [0.1, 0.15) is 117 Å². The largest absolute Gasteiger partial charge is 0.353 e. The Morgan fingerprint density at radius 1 is 0.520 bits per heavy atom. The van der Waals surface area contributed by atoms with Crippen LogP contribution in [-0.4, -0.2) is 26.0 Å². The lowest BCUT2D eigenvalue weighted by Crippen LogP contribution is -2.17. The minimum absolute atomic E-state index is 0.0238. The van der Waals surface area contributed by atoms with Gasteiger partial charge in [0, 0.05) is 13.2 Å². The van der Waals surface area contributed by atoms with Crippen molar-refractivity contribution in [3.63, 3.8) is 0 Å². The van der Waals surface area contributed by atoms with Gasteiger partial charge in [0.1, 0.15) is 0 Å². The highest BCUT2D eigenvalue weighted by Gasteiger charge is 2.06. The summed E-state index contributed by atoms with van der Waals surface area (Å²) in [6, 6.07) is 0. The van der Waals surface area contributed by atoms with Gasteiger partial charge in [0.25, 0.3) is 0 Å². The summed E-state index contributed by atoms with van der Waals surface area (Å²) in [6.07, 6.45) is 21.7.